The molecule has 0 aromatic heterocycles. The summed E-state index contributed by atoms with van der Waals surface area (Å²) in [4.78, 5) is 35.2. The van der Waals surface area contributed by atoms with Gasteiger partial charge in [-0.05, 0) is 37.2 Å². The van der Waals surface area contributed by atoms with Gasteiger partial charge < -0.3 is 15.7 Å². The van der Waals surface area contributed by atoms with E-state index in [-0.39, 0.29) is 37.3 Å². The molecule has 0 spiro atoms. The van der Waals surface area contributed by atoms with Gasteiger partial charge in [-0.25, -0.2) is 0 Å². The Kier molecular flexibility index (Phi) is 9.60. The topological polar surface area (TPSA) is 98.7 Å². The lowest BCUT2D eigenvalue weighted by Gasteiger charge is -2.18. The summed E-state index contributed by atoms with van der Waals surface area (Å²) in [6, 6.07) is 6.70. The Morgan fingerprint density at radius 1 is 1.04 bits per heavy atom. The van der Waals surface area contributed by atoms with Gasteiger partial charge in [0.25, 0.3) is 0 Å². The molecule has 0 aliphatic carbocycles. The number of carbonyl (C=O) groups is 3. The highest BCUT2D eigenvalue weighted by Gasteiger charge is 2.13. The maximum atomic E-state index is 11.9. The van der Waals surface area contributed by atoms with Crippen LogP contribution in [-0.4, -0.2) is 47.4 Å². The minimum absolute atomic E-state index is 0. The van der Waals surface area contributed by atoms with Crippen molar-refractivity contribution in [2.45, 2.75) is 20.3 Å². The van der Waals surface area contributed by atoms with Crippen LogP contribution >= 0.6 is 12.4 Å². The monoisotopic (exact) mass is 343 g/mol. The zero-order valence-corrected chi connectivity index (χ0v) is 14.0. The Hall–Kier alpha value is -2.12. The second-order valence-corrected chi connectivity index (χ2v) is 4.91. The molecule has 2 amide bonds. The first-order valence-electron chi connectivity index (χ1n) is 7.02. The number of amides is 2. The Balaban J connectivity index is 0.00000484. The van der Waals surface area contributed by atoms with Crippen LogP contribution in [0.1, 0.15) is 20.3 Å². The van der Waals surface area contributed by atoms with Crippen molar-refractivity contribution >= 4 is 41.6 Å². The quantitative estimate of drug-likeness (QED) is 0.668. The van der Waals surface area contributed by atoms with E-state index < -0.39 is 5.97 Å². The molecule has 1 rings (SSSR count). The standard InChI is InChI=1S/C15H21N3O4.ClH/c1-3-8-18(10-15(21)22)9-14(20)17-13-6-4-12(5-7-13)16-11(2)19;/h4-7H,3,8-10H2,1-2H3,(H,16,19)(H,17,20)(H,21,22);1H. The number of halogens is 1. The number of anilines is 2. The molecule has 0 fully saturated rings. The summed E-state index contributed by atoms with van der Waals surface area (Å²) in [5, 5.41) is 14.1. The van der Waals surface area contributed by atoms with Crippen molar-refractivity contribution in [3.8, 4) is 0 Å². The van der Waals surface area contributed by atoms with Crippen LogP contribution in [0.3, 0.4) is 0 Å². The van der Waals surface area contributed by atoms with Crippen molar-refractivity contribution in [3.63, 3.8) is 0 Å². The number of nitrogens with one attached hydrogen (secondary N) is 2. The van der Waals surface area contributed by atoms with Gasteiger partial charge in [0, 0.05) is 18.3 Å². The highest BCUT2D eigenvalue weighted by atomic mass is 35.5. The van der Waals surface area contributed by atoms with E-state index in [1.165, 1.54) is 6.92 Å². The first-order valence-corrected chi connectivity index (χ1v) is 7.02. The van der Waals surface area contributed by atoms with Crippen LogP contribution in [0.15, 0.2) is 24.3 Å². The highest BCUT2D eigenvalue weighted by Crippen LogP contribution is 2.13. The van der Waals surface area contributed by atoms with Gasteiger partial charge in [0.05, 0.1) is 13.1 Å². The molecule has 1 aromatic carbocycles. The van der Waals surface area contributed by atoms with Crippen molar-refractivity contribution in [1.29, 1.82) is 0 Å². The first kappa shape index (κ1) is 20.9. The summed E-state index contributed by atoms with van der Waals surface area (Å²) < 4.78 is 0. The minimum Gasteiger partial charge on any atom is -0.480 e. The molecule has 0 radical (unpaired) electrons. The van der Waals surface area contributed by atoms with Crippen molar-refractivity contribution in [2.24, 2.45) is 0 Å². The maximum Gasteiger partial charge on any atom is 0.317 e. The third kappa shape index (κ3) is 8.80. The van der Waals surface area contributed by atoms with E-state index >= 15 is 0 Å². The van der Waals surface area contributed by atoms with Gasteiger partial charge in [-0.15, -0.1) is 12.4 Å². The predicted molar refractivity (Wildman–Crippen MR) is 91.0 cm³/mol. The summed E-state index contributed by atoms with van der Waals surface area (Å²) in [5.41, 5.74) is 1.23. The van der Waals surface area contributed by atoms with E-state index in [0.717, 1.165) is 6.42 Å². The first-order chi connectivity index (χ1) is 10.4. The Morgan fingerprint density at radius 3 is 2.00 bits per heavy atom. The number of hydrogen-bond acceptors (Lipinski definition) is 4. The largest absolute Gasteiger partial charge is 0.480 e. The van der Waals surface area contributed by atoms with E-state index in [1.807, 2.05) is 6.92 Å². The van der Waals surface area contributed by atoms with Crippen LogP contribution in [-0.2, 0) is 14.4 Å². The van der Waals surface area contributed by atoms with Crippen molar-refractivity contribution in [3.05, 3.63) is 24.3 Å². The molecule has 1 aromatic rings. The van der Waals surface area contributed by atoms with Gasteiger partial charge in [-0.1, -0.05) is 6.92 Å². The molecule has 0 aliphatic rings. The molecular formula is C15H22ClN3O4. The predicted octanol–water partition coefficient (Wildman–Crippen LogP) is 1.80. The third-order valence-electron chi connectivity index (χ3n) is 2.75. The number of carbonyl (C=O) groups excluding carboxylic acids is 2. The number of hydrogen-bond donors (Lipinski definition) is 3. The molecule has 0 atom stereocenters. The fraction of sp³-hybridized carbons (Fsp3) is 0.400. The molecule has 3 N–H and O–H groups in total. The molecule has 0 aliphatic heterocycles. The molecule has 23 heavy (non-hydrogen) atoms. The summed E-state index contributed by atoms with van der Waals surface area (Å²) >= 11 is 0. The van der Waals surface area contributed by atoms with Crippen LogP contribution in [0.25, 0.3) is 0 Å². The molecule has 0 saturated carbocycles. The van der Waals surface area contributed by atoms with Gasteiger partial charge in [-0.3, -0.25) is 19.3 Å². The second-order valence-electron chi connectivity index (χ2n) is 4.91. The van der Waals surface area contributed by atoms with Crippen molar-refractivity contribution in [1.82, 2.24) is 4.90 Å². The number of benzene rings is 1. The van der Waals surface area contributed by atoms with E-state index in [2.05, 4.69) is 10.6 Å². The van der Waals surface area contributed by atoms with E-state index in [0.29, 0.717) is 17.9 Å². The second kappa shape index (κ2) is 10.6. The Labute approximate surface area is 141 Å². The average Bonchev–Trinajstić information content (AvgIpc) is 2.40. The number of carboxylic acid groups (broad SMARTS) is 1. The van der Waals surface area contributed by atoms with Gasteiger partial charge in [0.15, 0.2) is 0 Å². The molecule has 0 heterocycles. The summed E-state index contributed by atoms with van der Waals surface area (Å²) in [7, 11) is 0. The third-order valence-corrected chi connectivity index (χ3v) is 2.75. The zero-order valence-electron chi connectivity index (χ0n) is 13.2. The lowest BCUT2D eigenvalue weighted by atomic mass is 10.2. The van der Waals surface area contributed by atoms with Crippen LogP contribution in [0.4, 0.5) is 11.4 Å². The number of aliphatic carboxylic acids is 1. The van der Waals surface area contributed by atoms with Crippen LogP contribution in [0.5, 0.6) is 0 Å². The van der Waals surface area contributed by atoms with Gasteiger partial charge in [-0.2, -0.15) is 0 Å². The van der Waals surface area contributed by atoms with E-state index in [9.17, 15) is 14.4 Å². The summed E-state index contributed by atoms with van der Waals surface area (Å²) in [6.45, 7) is 3.74. The smallest absolute Gasteiger partial charge is 0.317 e. The molecule has 8 heteroatoms. The van der Waals surface area contributed by atoms with Gasteiger partial charge >= 0.3 is 5.97 Å². The molecule has 0 bridgehead atoms. The average molecular weight is 344 g/mol. The lowest BCUT2D eigenvalue weighted by molar-refractivity contribution is -0.138. The SMILES string of the molecule is CCCN(CC(=O)O)CC(=O)Nc1ccc(NC(C)=O)cc1.Cl. The van der Waals surface area contributed by atoms with Crippen molar-refractivity contribution < 1.29 is 19.5 Å². The summed E-state index contributed by atoms with van der Waals surface area (Å²) in [5.74, 6) is -1.40. The number of nitrogens with zero attached hydrogens (tertiary/aromatic N) is 1. The molecular weight excluding hydrogens is 322 g/mol. The van der Waals surface area contributed by atoms with Crippen LogP contribution in [0.2, 0.25) is 0 Å². The molecule has 7 nitrogen and oxygen atoms in total. The van der Waals surface area contributed by atoms with Crippen LogP contribution in [0, 0.1) is 0 Å². The van der Waals surface area contributed by atoms with Crippen LogP contribution < -0.4 is 10.6 Å². The Morgan fingerprint density at radius 2 is 1.57 bits per heavy atom. The van der Waals surface area contributed by atoms with Gasteiger partial charge in [0.1, 0.15) is 0 Å². The number of rotatable bonds is 8. The minimum atomic E-state index is -0.957. The van der Waals surface area contributed by atoms with E-state index in [4.69, 9.17) is 5.11 Å². The van der Waals surface area contributed by atoms with Gasteiger partial charge in [0.2, 0.25) is 11.8 Å². The fourth-order valence-corrected chi connectivity index (χ4v) is 1.97. The Bertz CT molecular complexity index is 534. The molecule has 0 unspecified atom stereocenters. The molecule has 0 saturated heterocycles. The highest BCUT2D eigenvalue weighted by molar-refractivity contribution is 5.93. The summed E-state index contributed by atoms with van der Waals surface area (Å²) in [6.07, 6.45) is 0.770. The number of carboxylic acids is 1. The van der Waals surface area contributed by atoms with Crippen molar-refractivity contribution in [2.75, 3.05) is 30.3 Å². The maximum absolute atomic E-state index is 11.9. The van der Waals surface area contributed by atoms with E-state index in [1.54, 1.807) is 29.2 Å². The molecule has 128 valence electrons. The lowest BCUT2D eigenvalue weighted by Crippen LogP contribution is -2.37. The fourth-order valence-electron chi connectivity index (χ4n) is 1.97. The zero-order chi connectivity index (χ0) is 16.5. The normalized spacial score (nSPS) is 9.87.